The van der Waals surface area contributed by atoms with Gasteiger partial charge in [0.15, 0.2) is 0 Å². The predicted octanol–water partition coefficient (Wildman–Crippen LogP) is 4.48. The highest BCUT2D eigenvalue weighted by atomic mass is 19.4. The summed E-state index contributed by atoms with van der Waals surface area (Å²) >= 11 is 0. The number of hydrogen-bond acceptors (Lipinski definition) is 2. The Labute approximate surface area is 160 Å². The van der Waals surface area contributed by atoms with E-state index in [-0.39, 0.29) is 23.1 Å². The average molecular weight is 392 g/mol. The van der Waals surface area contributed by atoms with Crippen molar-refractivity contribution in [2.45, 2.75) is 37.5 Å². The van der Waals surface area contributed by atoms with Crippen LogP contribution in [-0.4, -0.2) is 36.0 Å². The minimum absolute atomic E-state index is 0.0945. The Bertz CT molecular complexity index is 896. The molecule has 2 aromatic rings. The van der Waals surface area contributed by atoms with Crippen LogP contribution < -0.4 is 5.32 Å². The molecule has 0 aromatic heterocycles. The molecule has 1 N–H and O–H groups in total. The molecule has 148 valence electrons. The van der Waals surface area contributed by atoms with Crippen molar-refractivity contribution >= 4 is 5.91 Å². The highest BCUT2D eigenvalue weighted by Crippen LogP contribution is 2.34. The van der Waals surface area contributed by atoms with Gasteiger partial charge in [0.2, 0.25) is 0 Å². The van der Waals surface area contributed by atoms with Crippen molar-refractivity contribution in [1.82, 2.24) is 10.2 Å². The first-order valence-corrected chi connectivity index (χ1v) is 9.34. The molecule has 0 saturated carbocycles. The van der Waals surface area contributed by atoms with Crippen LogP contribution in [0.1, 0.15) is 35.2 Å². The number of rotatable bonds is 2. The van der Waals surface area contributed by atoms with Crippen LogP contribution in [0.25, 0.3) is 11.1 Å². The number of nitrogens with zero attached hydrogens (tertiary/aromatic N) is 1. The lowest BCUT2D eigenvalue weighted by Crippen LogP contribution is -2.39. The molecule has 2 bridgehead atoms. The summed E-state index contributed by atoms with van der Waals surface area (Å²) in [5.41, 5.74) is -0.159. The van der Waals surface area contributed by atoms with Gasteiger partial charge in [-0.15, -0.1) is 0 Å². The fourth-order valence-corrected chi connectivity index (χ4v) is 4.11. The van der Waals surface area contributed by atoms with Gasteiger partial charge in [-0.1, -0.05) is 18.2 Å². The molecule has 28 heavy (non-hydrogen) atoms. The third kappa shape index (κ3) is 3.76. The summed E-state index contributed by atoms with van der Waals surface area (Å²) in [6.07, 6.45) is -1.60. The van der Waals surface area contributed by atoms with Gasteiger partial charge in [-0.05, 0) is 54.7 Å². The third-order valence-electron chi connectivity index (χ3n) is 5.52. The van der Waals surface area contributed by atoms with Crippen LogP contribution >= 0.6 is 0 Å². The van der Waals surface area contributed by atoms with Crippen molar-refractivity contribution in [3.8, 4) is 11.1 Å². The highest BCUT2D eigenvalue weighted by molar-refractivity contribution is 6.01. The number of fused-ring (bicyclic) bond motifs is 2. The number of hydrogen-bond donors (Lipinski definition) is 1. The molecule has 2 aliphatic heterocycles. The summed E-state index contributed by atoms with van der Waals surface area (Å²) in [6, 6.07) is 9.03. The van der Waals surface area contributed by atoms with E-state index in [0.29, 0.717) is 24.7 Å². The number of carbonyl (C=O) groups is 1. The maximum absolute atomic E-state index is 13.9. The van der Waals surface area contributed by atoms with Crippen molar-refractivity contribution in [1.29, 1.82) is 0 Å². The van der Waals surface area contributed by atoms with Crippen LogP contribution in [0.4, 0.5) is 17.6 Å². The number of amides is 1. The molecule has 7 heteroatoms. The lowest BCUT2D eigenvalue weighted by atomic mass is 9.96. The first-order chi connectivity index (χ1) is 13.3. The zero-order valence-corrected chi connectivity index (χ0v) is 15.1. The predicted molar refractivity (Wildman–Crippen MR) is 97.3 cm³/mol. The van der Waals surface area contributed by atoms with Gasteiger partial charge in [0, 0.05) is 25.2 Å². The largest absolute Gasteiger partial charge is 0.416 e. The second kappa shape index (κ2) is 7.20. The second-order valence-electron chi connectivity index (χ2n) is 7.45. The Kier molecular flexibility index (Phi) is 4.87. The van der Waals surface area contributed by atoms with Gasteiger partial charge in [-0.25, -0.2) is 4.39 Å². The molecule has 4 rings (SSSR count). The second-order valence-corrected chi connectivity index (χ2v) is 7.45. The standard InChI is InChI=1S/C21H20F4N2O/c22-15-4-7-18(13-2-1-3-14(10-13)21(23,24)25)19(11-15)20(28)27-9-8-16-5-6-17(12-27)26-16/h1-4,7,10-11,16-17,26H,5-6,8-9,12H2. The Morgan fingerprint density at radius 1 is 1.04 bits per heavy atom. The van der Waals surface area contributed by atoms with Crippen molar-refractivity contribution in [3.05, 3.63) is 59.4 Å². The van der Waals surface area contributed by atoms with E-state index in [2.05, 4.69) is 5.32 Å². The van der Waals surface area contributed by atoms with E-state index in [1.165, 1.54) is 18.2 Å². The van der Waals surface area contributed by atoms with E-state index >= 15 is 0 Å². The van der Waals surface area contributed by atoms with Crippen LogP contribution in [0.3, 0.4) is 0 Å². The molecule has 2 aromatic carbocycles. The van der Waals surface area contributed by atoms with Crippen molar-refractivity contribution in [2.75, 3.05) is 13.1 Å². The number of benzene rings is 2. The van der Waals surface area contributed by atoms with Gasteiger partial charge >= 0.3 is 6.18 Å². The first kappa shape index (κ1) is 18.9. The molecular formula is C21H20F4N2O. The lowest BCUT2D eigenvalue weighted by Gasteiger charge is -2.25. The molecule has 2 saturated heterocycles. The Hall–Kier alpha value is -2.41. The summed E-state index contributed by atoms with van der Waals surface area (Å²) in [5, 5.41) is 3.48. The molecular weight excluding hydrogens is 372 g/mol. The van der Waals surface area contributed by atoms with E-state index in [9.17, 15) is 22.4 Å². The molecule has 2 heterocycles. The molecule has 0 radical (unpaired) electrons. The molecule has 2 fully saturated rings. The minimum atomic E-state index is -4.49. The van der Waals surface area contributed by atoms with Gasteiger partial charge in [-0.2, -0.15) is 13.2 Å². The molecule has 2 unspecified atom stereocenters. The van der Waals surface area contributed by atoms with E-state index in [4.69, 9.17) is 0 Å². The summed E-state index contributed by atoms with van der Waals surface area (Å²) < 4.78 is 53.2. The number of nitrogens with one attached hydrogen (secondary N) is 1. The maximum Gasteiger partial charge on any atom is 0.416 e. The van der Waals surface area contributed by atoms with Crippen LogP contribution in [0, 0.1) is 5.82 Å². The fraction of sp³-hybridized carbons (Fsp3) is 0.381. The third-order valence-corrected chi connectivity index (χ3v) is 5.52. The average Bonchev–Trinajstić information content (AvgIpc) is 2.99. The van der Waals surface area contributed by atoms with Crippen molar-refractivity contribution in [2.24, 2.45) is 0 Å². The molecule has 2 atom stereocenters. The van der Waals surface area contributed by atoms with Gasteiger partial charge in [0.25, 0.3) is 5.91 Å². The molecule has 0 spiro atoms. The number of halogens is 4. The number of likely N-dealkylation sites (tertiary alicyclic amines) is 1. The van der Waals surface area contributed by atoms with Crippen LogP contribution in [0.5, 0.6) is 0 Å². The Morgan fingerprint density at radius 2 is 1.82 bits per heavy atom. The molecule has 0 aliphatic carbocycles. The normalized spacial score (nSPS) is 22.2. The topological polar surface area (TPSA) is 32.3 Å². The molecule has 1 amide bonds. The Balaban J connectivity index is 1.70. The van der Waals surface area contributed by atoms with Gasteiger partial charge < -0.3 is 10.2 Å². The zero-order chi connectivity index (χ0) is 19.9. The summed E-state index contributed by atoms with van der Waals surface area (Å²) in [4.78, 5) is 14.8. The maximum atomic E-state index is 13.9. The van der Waals surface area contributed by atoms with Crippen LogP contribution in [0.2, 0.25) is 0 Å². The number of alkyl halides is 3. The van der Waals surface area contributed by atoms with E-state index in [1.54, 1.807) is 4.90 Å². The Morgan fingerprint density at radius 3 is 2.61 bits per heavy atom. The summed E-state index contributed by atoms with van der Waals surface area (Å²) in [5.74, 6) is -0.935. The first-order valence-electron chi connectivity index (χ1n) is 9.34. The quantitative estimate of drug-likeness (QED) is 0.765. The minimum Gasteiger partial charge on any atom is -0.337 e. The SMILES string of the molecule is O=C(c1cc(F)ccc1-c1cccc(C(F)(F)F)c1)N1CCC2CCC(C1)N2. The zero-order valence-electron chi connectivity index (χ0n) is 15.1. The fourth-order valence-electron chi connectivity index (χ4n) is 4.11. The highest BCUT2D eigenvalue weighted by Gasteiger charge is 2.33. The molecule has 3 nitrogen and oxygen atoms in total. The molecule has 2 aliphatic rings. The smallest absolute Gasteiger partial charge is 0.337 e. The van der Waals surface area contributed by atoms with Crippen LogP contribution in [-0.2, 0) is 6.18 Å². The lowest BCUT2D eigenvalue weighted by molar-refractivity contribution is -0.137. The van der Waals surface area contributed by atoms with Crippen molar-refractivity contribution < 1.29 is 22.4 Å². The van der Waals surface area contributed by atoms with Crippen molar-refractivity contribution in [3.63, 3.8) is 0 Å². The van der Waals surface area contributed by atoms with Gasteiger partial charge in [0.05, 0.1) is 11.1 Å². The van der Waals surface area contributed by atoms with E-state index in [1.807, 2.05) is 0 Å². The monoisotopic (exact) mass is 392 g/mol. The van der Waals surface area contributed by atoms with E-state index in [0.717, 1.165) is 43.5 Å². The summed E-state index contributed by atoms with van der Waals surface area (Å²) in [7, 11) is 0. The van der Waals surface area contributed by atoms with Crippen LogP contribution in [0.15, 0.2) is 42.5 Å². The van der Waals surface area contributed by atoms with Gasteiger partial charge in [-0.3, -0.25) is 4.79 Å². The van der Waals surface area contributed by atoms with E-state index < -0.39 is 17.6 Å². The summed E-state index contributed by atoms with van der Waals surface area (Å²) in [6.45, 7) is 1.07. The number of carbonyl (C=O) groups excluding carboxylic acids is 1. The van der Waals surface area contributed by atoms with Gasteiger partial charge in [0.1, 0.15) is 5.82 Å².